The normalized spacial score (nSPS) is 10.8. The first-order valence-corrected chi connectivity index (χ1v) is 7.97. The van der Waals surface area contributed by atoms with E-state index in [0.717, 1.165) is 17.7 Å². The molecule has 0 aliphatic heterocycles. The van der Waals surface area contributed by atoms with Crippen LogP contribution in [0, 0.1) is 13.8 Å². The summed E-state index contributed by atoms with van der Waals surface area (Å²) in [7, 11) is 0. The van der Waals surface area contributed by atoms with E-state index < -0.39 is 0 Å². The first-order valence-electron chi connectivity index (χ1n) is 7.97. The van der Waals surface area contributed by atoms with Crippen LogP contribution in [0.25, 0.3) is 0 Å². The van der Waals surface area contributed by atoms with Crippen LogP contribution < -0.4 is 5.32 Å². The third kappa shape index (κ3) is 3.53. The first kappa shape index (κ1) is 16.0. The minimum absolute atomic E-state index is 0.128. The summed E-state index contributed by atoms with van der Waals surface area (Å²) in [4.78, 5) is 12.3. The molecule has 0 aliphatic carbocycles. The Morgan fingerprint density at radius 3 is 2.58 bits per heavy atom. The van der Waals surface area contributed by atoms with Crippen molar-refractivity contribution in [3.05, 3.63) is 65.2 Å². The maximum absolute atomic E-state index is 12.3. The number of nitrogens with one attached hydrogen (secondary N) is 1. The average molecular weight is 323 g/mol. The van der Waals surface area contributed by atoms with Gasteiger partial charge in [-0.25, -0.2) is 0 Å². The molecule has 2 heterocycles. The van der Waals surface area contributed by atoms with Gasteiger partial charge in [-0.05, 0) is 44.0 Å². The molecule has 6 nitrogen and oxygen atoms in total. The highest BCUT2D eigenvalue weighted by atomic mass is 16.1. The zero-order valence-electron chi connectivity index (χ0n) is 14.2. The van der Waals surface area contributed by atoms with Crippen LogP contribution in [0.5, 0.6) is 0 Å². The van der Waals surface area contributed by atoms with Gasteiger partial charge in [0.1, 0.15) is 0 Å². The summed E-state index contributed by atoms with van der Waals surface area (Å²) in [5.41, 5.74) is 4.68. The van der Waals surface area contributed by atoms with Gasteiger partial charge in [0.25, 0.3) is 5.91 Å². The van der Waals surface area contributed by atoms with E-state index in [1.807, 2.05) is 62.2 Å². The number of carbonyl (C=O) groups is 1. The van der Waals surface area contributed by atoms with Gasteiger partial charge >= 0.3 is 0 Å². The zero-order chi connectivity index (χ0) is 17.1. The van der Waals surface area contributed by atoms with E-state index in [1.54, 1.807) is 10.9 Å². The molecule has 0 fully saturated rings. The summed E-state index contributed by atoms with van der Waals surface area (Å²) >= 11 is 0. The average Bonchev–Trinajstić information content (AvgIpc) is 3.19. The van der Waals surface area contributed by atoms with Crippen LogP contribution in [0.4, 0.5) is 5.69 Å². The minimum atomic E-state index is -0.128. The van der Waals surface area contributed by atoms with Gasteiger partial charge in [0.2, 0.25) is 0 Å². The largest absolute Gasteiger partial charge is 0.319 e. The summed E-state index contributed by atoms with van der Waals surface area (Å²) in [5, 5.41) is 11.4. The molecule has 0 bridgehead atoms. The van der Waals surface area contributed by atoms with Gasteiger partial charge in [-0.15, -0.1) is 0 Å². The fraction of sp³-hybridized carbons (Fsp3) is 0.278. The lowest BCUT2D eigenvalue weighted by Crippen LogP contribution is -2.11. The van der Waals surface area contributed by atoms with Crippen molar-refractivity contribution in [1.82, 2.24) is 19.6 Å². The van der Waals surface area contributed by atoms with E-state index in [4.69, 9.17) is 0 Å². The zero-order valence-corrected chi connectivity index (χ0v) is 14.2. The first-order chi connectivity index (χ1) is 11.5. The van der Waals surface area contributed by atoms with Gasteiger partial charge in [0, 0.05) is 30.1 Å². The van der Waals surface area contributed by atoms with Crippen LogP contribution in [0.1, 0.15) is 34.0 Å². The lowest BCUT2D eigenvalue weighted by Gasteiger charge is -2.05. The number of amides is 1. The van der Waals surface area contributed by atoms with E-state index in [1.165, 1.54) is 5.56 Å². The molecule has 0 saturated carbocycles. The molecule has 0 aliphatic rings. The molecule has 0 spiro atoms. The van der Waals surface area contributed by atoms with Crippen LogP contribution in [-0.4, -0.2) is 25.5 Å². The highest BCUT2D eigenvalue weighted by Crippen LogP contribution is 2.13. The molecule has 0 radical (unpaired) electrons. The van der Waals surface area contributed by atoms with E-state index >= 15 is 0 Å². The molecule has 0 saturated heterocycles. The predicted molar refractivity (Wildman–Crippen MR) is 93.1 cm³/mol. The van der Waals surface area contributed by atoms with Crippen LogP contribution in [-0.2, 0) is 13.1 Å². The Kier molecular flexibility index (Phi) is 4.46. The maximum Gasteiger partial charge on any atom is 0.255 e. The van der Waals surface area contributed by atoms with Crippen molar-refractivity contribution < 1.29 is 4.79 Å². The summed E-state index contributed by atoms with van der Waals surface area (Å²) in [6, 6.07) is 5.69. The Balaban J connectivity index is 1.66. The number of anilines is 1. The number of hydrogen-bond donors (Lipinski definition) is 1. The Labute approximate surface area is 141 Å². The summed E-state index contributed by atoms with van der Waals surface area (Å²) in [5.74, 6) is -0.128. The highest BCUT2D eigenvalue weighted by Gasteiger charge is 2.09. The van der Waals surface area contributed by atoms with Gasteiger partial charge in [0.05, 0.1) is 24.6 Å². The molecular formula is C18H21N5O. The number of aryl methyl sites for hydroxylation is 3. The standard InChI is InChI=1S/C18H21N5O/c1-4-22-10-15(8-19-22)11-23-12-17(9-20-23)21-18(24)16-6-5-13(2)14(3)7-16/h5-10,12H,4,11H2,1-3H3,(H,21,24). The number of benzene rings is 1. The SMILES string of the molecule is CCn1cc(Cn2cc(NC(=O)c3ccc(C)c(C)c3)cn2)cn1. The van der Waals surface area contributed by atoms with Crippen molar-refractivity contribution in [3.8, 4) is 0 Å². The second-order valence-corrected chi connectivity index (χ2v) is 5.88. The van der Waals surface area contributed by atoms with E-state index in [-0.39, 0.29) is 5.91 Å². The molecule has 124 valence electrons. The van der Waals surface area contributed by atoms with Gasteiger partial charge in [-0.1, -0.05) is 6.07 Å². The van der Waals surface area contributed by atoms with Crippen LogP contribution in [0.15, 0.2) is 43.0 Å². The second-order valence-electron chi connectivity index (χ2n) is 5.88. The molecule has 1 aromatic carbocycles. The fourth-order valence-electron chi connectivity index (χ4n) is 2.45. The smallest absolute Gasteiger partial charge is 0.255 e. The van der Waals surface area contributed by atoms with Crippen LogP contribution in [0.2, 0.25) is 0 Å². The molecule has 0 atom stereocenters. The predicted octanol–water partition coefficient (Wildman–Crippen LogP) is 3.02. The monoisotopic (exact) mass is 323 g/mol. The van der Waals surface area contributed by atoms with Crippen molar-refractivity contribution in [2.45, 2.75) is 33.9 Å². The summed E-state index contributed by atoms with van der Waals surface area (Å²) in [6.45, 7) is 7.54. The molecule has 6 heteroatoms. The van der Waals surface area contributed by atoms with Gasteiger partial charge < -0.3 is 5.32 Å². The van der Waals surface area contributed by atoms with E-state index in [2.05, 4.69) is 15.5 Å². The van der Waals surface area contributed by atoms with Crippen molar-refractivity contribution in [2.24, 2.45) is 0 Å². The fourth-order valence-corrected chi connectivity index (χ4v) is 2.45. The van der Waals surface area contributed by atoms with Crippen molar-refractivity contribution in [2.75, 3.05) is 5.32 Å². The Bertz CT molecular complexity index is 862. The molecule has 1 amide bonds. The molecule has 0 unspecified atom stereocenters. The second kappa shape index (κ2) is 6.70. The number of nitrogens with zero attached hydrogens (tertiary/aromatic N) is 4. The maximum atomic E-state index is 12.3. The number of hydrogen-bond acceptors (Lipinski definition) is 3. The molecular weight excluding hydrogens is 302 g/mol. The summed E-state index contributed by atoms with van der Waals surface area (Å²) in [6.07, 6.45) is 7.30. The van der Waals surface area contributed by atoms with Crippen molar-refractivity contribution in [1.29, 1.82) is 0 Å². The lowest BCUT2D eigenvalue weighted by molar-refractivity contribution is 0.102. The molecule has 2 aromatic heterocycles. The molecule has 3 aromatic rings. The third-order valence-corrected chi connectivity index (χ3v) is 4.02. The van der Waals surface area contributed by atoms with Gasteiger partial charge in [-0.3, -0.25) is 14.2 Å². The Morgan fingerprint density at radius 2 is 1.88 bits per heavy atom. The number of carbonyl (C=O) groups excluding carboxylic acids is 1. The Hall–Kier alpha value is -2.89. The van der Waals surface area contributed by atoms with Crippen molar-refractivity contribution in [3.63, 3.8) is 0 Å². The molecule has 1 N–H and O–H groups in total. The summed E-state index contributed by atoms with van der Waals surface area (Å²) < 4.78 is 3.66. The third-order valence-electron chi connectivity index (χ3n) is 4.02. The van der Waals surface area contributed by atoms with Gasteiger partial charge in [-0.2, -0.15) is 10.2 Å². The number of aromatic nitrogens is 4. The molecule has 24 heavy (non-hydrogen) atoms. The van der Waals surface area contributed by atoms with Crippen LogP contribution >= 0.6 is 0 Å². The van der Waals surface area contributed by atoms with Crippen LogP contribution in [0.3, 0.4) is 0 Å². The quantitative estimate of drug-likeness (QED) is 0.785. The van der Waals surface area contributed by atoms with Crippen molar-refractivity contribution >= 4 is 11.6 Å². The molecule has 3 rings (SSSR count). The lowest BCUT2D eigenvalue weighted by atomic mass is 10.1. The van der Waals surface area contributed by atoms with E-state index in [0.29, 0.717) is 17.8 Å². The number of rotatable bonds is 5. The highest BCUT2D eigenvalue weighted by molar-refractivity contribution is 6.04. The topological polar surface area (TPSA) is 64.7 Å². The Morgan fingerprint density at radius 1 is 1.08 bits per heavy atom. The minimum Gasteiger partial charge on any atom is -0.319 e. The van der Waals surface area contributed by atoms with Gasteiger partial charge in [0.15, 0.2) is 0 Å². The van der Waals surface area contributed by atoms with E-state index in [9.17, 15) is 4.79 Å².